The first kappa shape index (κ1) is 27.2. The van der Waals surface area contributed by atoms with Gasteiger partial charge in [0.05, 0.1) is 0 Å². The van der Waals surface area contributed by atoms with E-state index in [0.29, 0.717) is 0 Å². The van der Waals surface area contributed by atoms with Crippen LogP contribution in [0.5, 0.6) is 0 Å². The van der Waals surface area contributed by atoms with Crippen LogP contribution in [-0.2, 0) is 35.6 Å². The molecule has 179 valence electrons. The molecule has 33 heavy (non-hydrogen) atoms. The van der Waals surface area contributed by atoms with E-state index in [2.05, 4.69) is 106 Å². The van der Waals surface area contributed by atoms with E-state index in [1.54, 1.807) is 0 Å². The fraction of sp³-hybridized carbons (Fsp3) is 0.533. The maximum absolute atomic E-state index is 6.76. The molecule has 0 aromatic heterocycles. The number of hydrogen-bond donors (Lipinski definition) is 0. The van der Waals surface area contributed by atoms with Gasteiger partial charge in [0.15, 0.2) is 0 Å². The SMILES string of the molecule is CCCC1=Cc2c(ccc(C(C)(C)C)c2-c2cc(C(C)(C)C)cc(C(C)(C)C)c2)[CH]1[Zr]([Cl])[Cl]. The van der Waals surface area contributed by atoms with Crippen molar-refractivity contribution >= 4 is 23.1 Å². The first-order chi connectivity index (χ1) is 15.1. The molecular weight excluding hydrogens is 522 g/mol. The van der Waals surface area contributed by atoms with Gasteiger partial charge in [-0.1, -0.05) is 0 Å². The summed E-state index contributed by atoms with van der Waals surface area (Å²) >= 11 is -2.54. The number of benzene rings is 2. The Bertz CT molecular complexity index is 1020. The fourth-order valence-corrected chi connectivity index (χ4v) is 10.3. The number of hydrogen-bond acceptors (Lipinski definition) is 0. The topological polar surface area (TPSA) is 0 Å². The molecular formula is C30H41Cl2Zr. The van der Waals surface area contributed by atoms with Gasteiger partial charge in [-0.05, 0) is 0 Å². The number of fused-ring (bicyclic) bond motifs is 1. The predicted molar refractivity (Wildman–Crippen MR) is 145 cm³/mol. The van der Waals surface area contributed by atoms with Crippen LogP contribution in [-0.4, -0.2) is 0 Å². The van der Waals surface area contributed by atoms with Crippen molar-refractivity contribution in [1.82, 2.24) is 0 Å². The average molecular weight is 564 g/mol. The molecule has 0 nitrogen and oxygen atoms in total. The quantitative estimate of drug-likeness (QED) is 0.347. The van der Waals surface area contributed by atoms with Crippen LogP contribution < -0.4 is 0 Å². The van der Waals surface area contributed by atoms with Gasteiger partial charge in [-0.3, -0.25) is 0 Å². The molecule has 3 heteroatoms. The van der Waals surface area contributed by atoms with E-state index >= 15 is 0 Å². The number of allylic oxidation sites excluding steroid dienone is 1. The van der Waals surface area contributed by atoms with E-state index < -0.39 is 19.4 Å². The van der Waals surface area contributed by atoms with Crippen LogP contribution in [0.1, 0.15) is 114 Å². The second kappa shape index (κ2) is 9.60. The summed E-state index contributed by atoms with van der Waals surface area (Å²) in [5.74, 6) is 0. The molecule has 0 saturated carbocycles. The van der Waals surface area contributed by atoms with Crippen LogP contribution in [0, 0.1) is 0 Å². The predicted octanol–water partition coefficient (Wildman–Crippen LogP) is 10.4. The van der Waals surface area contributed by atoms with Crippen molar-refractivity contribution < 1.29 is 19.4 Å². The molecule has 0 spiro atoms. The van der Waals surface area contributed by atoms with Gasteiger partial charge >= 0.3 is 219 Å². The van der Waals surface area contributed by atoms with E-state index in [0.717, 1.165) is 12.8 Å². The van der Waals surface area contributed by atoms with Crippen LogP contribution in [0.3, 0.4) is 0 Å². The van der Waals surface area contributed by atoms with E-state index in [-0.39, 0.29) is 19.9 Å². The van der Waals surface area contributed by atoms with Crippen molar-refractivity contribution in [2.75, 3.05) is 0 Å². The molecule has 1 aliphatic rings. The zero-order chi connectivity index (χ0) is 24.9. The van der Waals surface area contributed by atoms with Crippen LogP contribution in [0.2, 0.25) is 0 Å². The summed E-state index contributed by atoms with van der Waals surface area (Å²) in [5.41, 5.74) is 11.2. The zero-order valence-corrected chi connectivity index (χ0v) is 26.2. The Labute approximate surface area is 217 Å². The van der Waals surface area contributed by atoms with Crippen LogP contribution in [0.25, 0.3) is 17.2 Å². The maximum atomic E-state index is 6.76. The Hall–Kier alpha value is -0.357. The third-order valence-electron chi connectivity index (χ3n) is 6.81. The molecule has 0 aliphatic heterocycles. The molecule has 1 atom stereocenters. The molecule has 0 amide bonds. The van der Waals surface area contributed by atoms with Gasteiger partial charge in [0.1, 0.15) is 0 Å². The Kier molecular flexibility index (Phi) is 7.92. The summed E-state index contributed by atoms with van der Waals surface area (Å²) in [6.45, 7) is 23.1. The molecule has 2 aromatic rings. The number of rotatable bonds is 4. The Balaban J connectivity index is 2.43. The second-order valence-electron chi connectivity index (χ2n) is 12.7. The van der Waals surface area contributed by atoms with Gasteiger partial charge in [0, 0.05) is 0 Å². The van der Waals surface area contributed by atoms with Gasteiger partial charge < -0.3 is 0 Å². The molecule has 0 N–H and O–H groups in total. The van der Waals surface area contributed by atoms with Gasteiger partial charge in [-0.25, -0.2) is 0 Å². The molecule has 0 radical (unpaired) electrons. The summed E-state index contributed by atoms with van der Waals surface area (Å²) < 4.78 is 0.270. The first-order valence-electron chi connectivity index (χ1n) is 12.3. The molecule has 0 fully saturated rings. The van der Waals surface area contributed by atoms with Crippen molar-refractivity contribution in [2.45, 2.75) is 102 Å². The molecule has 2 aromatic carbocycles. The van der Waals surface area contributed by atoms with Crippen molar-refractivity contribution in [3.8, 4) is 11.1 Å². The Morgan fingerprint density at radius 3 is 1.76 bits per heavy atom. The Morgan fingerprint density at radius 2 is 1.33 bits per heavy atom. The summed E-state index contributed by atoms with van der Waals surface area (Å²) in [6, 6.07) is 12.0. The minimum atomic E-state index is -2.54. The molecule has 1 unspecified atom stereocenters. The summed E-state index contributed by atoms with van der Waals surface area (Å²) in [7, 11) is 13.5. The molecule has 0 bridgehead atoms. The molecule has 3 rings (SSSR count). The van der Waals surface area contributed by atoms with Crippen LogP contribution >= 0.6 is 17.0 Å². The van der Waals surface area contributed by atoms with Crippen LogP contribution in [0.15, 0.2) is 35.9 Å². The van der Waals surface area contributed by atoms with Crippen LogP contribution in [0.4, 0.5) is 0 Å². The third kappa shape index (κ3) is 5.73. The van der Waals surface area contributed by atoms with Gasteiger partial charge in [-0.2, -0.15) is 0 Å². The molecule has 0 heterocycles. The first-order valence-corrected chi connectivity index (χ1v) is 20.0. The summed E-state index contributed by atoms with van der Waals surface area (Å²) in [5, 5.41) is 0. The van der Waals surface area contributed by atoms with E-state index in [1.165, 1.54) is 44.5 Å². The minimum absolute atomic E-state index is 0.0321. The summed E-state index contributed by atoms with van der Waals surface area (Å²) in [4.78, 5) is 0. The average Bonchev–Trinajstić information content (AvgIpc) is 3.03. The third-order valence-corrected chi connectivity index (χ3v) is 12.1. The molecule has 1 aliphatic carbocycles. The number of halogens is 2. The molecule has 0 saturated heterocycles. The zero-order valence-electron chi connectivity index (χ0n) is 22.2. The monoisotopic (exact) mass is 561 g/mol. The van der Waals surface area contributed by atoms with E-state index in [4.69, 9.17) is 17.0 Å². The Morgan fingerprint density at radius 1 is 0.788 bits per heavy atom. The van der Waals surface area contributed by atoms with E-state index in [1.807, 2.05) is 0 Å². The summed E-state index contributed by atoms with van der Waals surface area (Å²) in [6.07, 6.45) is 4.64. The van der Waals surface area contributed by atoms with Gasteiger partial charge in [0.2, 0.25) is 0 Å². The second-order valence-corrected chi connectivity index (χ2v) is 21.5. The van der Waals surface area contributed by atoms with E-state index in [9.17, 15) is 0 Å². The van der Waals surface area contributed by atoms with Gasteiger partial charge in [0.25, 0.3) is 0 Å². The van der Waals surface area contributed by atoms with Crippen molar-refractivity contribution in [3.63, 3.8) is 0 Å². The van der Waals surface area contributed by atoms with Crippen molar-refractivity contribution in [3.05, 3.63) is 63.7 Å². The fourth-order valence-electron chi connectivity index (χ4n) is 4.85. The van der Waals surface area contributed by atoms with Crippen molar-refractivity contribution in [1.29, 1.82) is 0 Å². The van der Waals surface area contributed by atoms with Gasteiger partial charge in [-0.15, -0.1) is 0 Å². The standard InChI is InChI=1S/C30H41.2ClH.Zr/c1-11-12-20-15-21-13-14-26(30(8,9)10)27(25(21)16-20)22-17-23(28(2,3)4)19-24(18-22)29(5,6)7;;;/h13-19H,11-12H2,1-10H3;2*1H;/q;;;+2/p-2. The normalized spacial score (nSPS) is 16.6. The van der Waals surface area contributed by atoms with Crippen molar-refractivity contribution in [2.24, 2.45) is 0 Å².